The van der Waals surface area contributed by atoms with E-state index in [-0.39, 0.29) is 18.0 Å². The molecule has 1 aromatic carbocycles. The minimum atomic E-state index is -0.702. The van der Waals surface area contributed by atoms with Crippen LogP contribution >= 0.6 is 0 Å². The number of halogens is 2. The molecule has 0 radical (unpaired) electrons. The number of hydrogen-bond acceptors (Lipinski definition) is 4. The molecule has 1 saturated carbocycles. The van der Waals surface area contributed by atoms with E-state index in [1.807, 2.05) is 0 Å². The predicted molar refractivity (Wildman–Crippen MR) is 100 cm³/mol. The second kappa shape index (κ2) is 7.18. The van der Waals surface area contributed by atoms with Crippen LogP contribution in [0.15, 0.2) is 30.5 Å². The fourth-order valence-electron chi connectivity index (χ4n) is 3.26. The Hall–Kier alpha value is -3.03. The standard InChI is InChI=1S/C20H20F2N4O2/c1-11(13-4-15(21)7-16(22)5-13)25-20(28)14-6-17-19(23-8-14)24-9-18(27)26(17)10-12-2-3-12/h4-8,11-12H,2-3,9-10H2,1H3,(H,23,24)(H,25,28). The van der Waals surface area contributed by atoms with E-state index in [2.05, 4.69) is 15.6 Å². The first kappa shape index (κ1) is 18.3. The lowest BCUT2D eigenvalue weighted by Crippen LogP contribution is -2.41. The van der Waals surface area contributed by atoms with Gasteiger partial charge in [-0.15, -0.1) is 0 Å². The zero-order valence-electron chi connectivity index (χ0n) is 15.3. The van der Waals surface area contributed by atoms with Crippen molar-refractivity contribution in [3.05, 3.63) is 53.2 Å². The van der Waals surface area contributed by atoms with Gasteiger partial charge in [0, 0.05) is 18.8 Å². The van der Waals surface area contributed by atoms with E-state index in [0.717, 1.165) is 18.9 Å². The van der Waals surface area contributed by atoms with Crippen LogP contribution in [-0.4, -0.2) is 29.9 Å². The smallest absolute Gasteiger partial charge is 0.253 e. The van der Waals surface area contributed by atoms with Crippen LogP contribution in [0.25, 0.3) is 0 Å². The largest absolute Gasteiger partial charge is 0.359 e. The number of nitrogens with one attached hydrogen (secondary N) is 2. The molecule has 1 aliphatic heterocycles. The lowest BCUT2D eigenvalue weighted by molar-refractivity contribution is -0.117. The average Bonchev–Trinajstić information content (AvgIpc) is 3.47. The summed E-state index contributed by atoms with van der Waals surface area (Å²) in [6, 6.07) is 4.17. The summed E-state index contributed by atoms with van der Waals surface area (Å²) in [5.41, 5.74) is 1.18. The van der Waals surface area contributed by atoms with Gasteiger partial charge in [-0.2, -0.15) is 0 Å². The number of pyridine rings is 1. The maximum absolute atomic E-state index is 13.4. The fraction of sp³-hybridized carbons (Fsp3) is 0.350. The normalized spacial score (nSPS) is 17.0. The van der Waals surface area contributed by atoms with Gasteiger partial charge < -0.3 is 15.5 Å². The Labute approximate surface area is 160 Å². The van der Waals surface area contributed by atoms with Crippen LogP contribution in [0.2, 0.25) is 0 Å². The first-order valence-corrected chi connectivity index (χ1v) is 9.22. The zero-order valence-corrected chi connectivity index (χ0v) is 15.3. The maximum atomic E-state index is 13.4. The molecule has 2 heterocycles. The minimum absolute atomic E-state index is 0.0534. The Kier molecular flexibility index (Phi) is 4.70. The lowest BCUT2D eigenvalue weighted by Gasteiger charge is -2.29. The third kappa shape index (κ3) is 3.81. The number of nitrogens with zero attached hydrogens (tertiary/aromatic N) is 2. The van der Waals surface area contributed by atoms with E-state index in [1.165, 1.54) is 18.3 Å². The minimum Gasteiger partial charge on any atom is -0.359 e. The summed E-state index contributed by atoms with van der Waals surface area (Å²) in [6.45, 7) is 2.45. The molecule has 0 spiro atoms. The number of benzene rings is 1. The van der Waals surface area contributed by atoms with Crippen molar-refractivity contribution in [3.8, 4) is 0 Å². The highest BCUT2D eigenvalue weighted by molar-refractivity contribution is 6.04. The number of hydrogen-bond donors (Lipinski definition) is 2. The summed E-state index contributed by atoms with van der Waals surface area (Å²) in [6.07, 6.45) is 3.62. The van der Waals surface area contributed by atoms with Crippen molar-refractivity contribution in [2.45, 2.75) is 25.8 Å². The van der Waals surface area contributed by atoms with Gasteiger partial charge in [0.05, 0.1) is 23.8 Å². The molecular formula is C20H20F2N4O2. The first-order valence-electron chi connectivity index (χ1n) is 9.22. The quantitative estimate of drug-likeness (QED) is 0.829. The van der Waals surface area contributed by atoms with Crippen molar-refractivity contribution < 1.29 is 18.4 Å². The summed E-state index contributed by atoms with van der Waals surface area (Å²) in [4.78, 5) is 30.9. The van der Waals surface area contributed by atoms with E-state index >= 15 is 0 Å². The molecule has 1 unspecified atom stereocenters. The van der Waals surface area contributed by atoms with Crippen LogP contribution < -0.4 is 15.5 Å². The number of carbonyl (C=O) groups is 2. The molecule has 6 nitrogen and oxygen atoms in total. The Bertz CT molecular complexity index is 926. The summed E-state index contributed by atoms with van der Waals surface area (Å²) in [5.74, 6) is -0.828. The van der Waals surface area contributed by atoms with Gasteiger partial charge in [0.25, 0.3) is 5.91 Å². The highest BCUT2D eigenvalue weighted by Gasteiger charge is 2.32. The molecule has 0 saturated heterocycles. The van der Waals surface area contributed by atoms with Gasteiger partial charge in [0.1, 0.15) is 17.5 Å². The Morgan fingerprint density at radius 2 is 2.00 bits per heavy atom. The molecular weight excluding hydrogens is 366 g/mol. The van der Waals surface area contributed by atoms with Gasteiger partial charge in [-0.25, -0.2) is 13.8 Å². The molecule has 1 fully saturated rings. The topological polar surface area (TPSA) is 74.3 Å². The third-order valence-corrected chi connectivity index (χ3v) is 5.00. The average molecular weight is 386 g/mol. The molecule has 2 amide bonds. The number of rotatable bonds is 5. The zero-order chi connectivity index (χ0) is 19.8. The van der Waals surface area contributed by atoms with E-state index in [9.17, 15) is 18.4 Å². The van der Waals surface area contributed by atoms with Gasteiger partial charge in [-0.05, 0) is 49.4 Å². The molecule has 28 heavy (non-hydrogen) atoms. The van der Waals surface area contributed by atoms with Gasteiger partial charge >= 0.3 is 0 Å². The lowest BCUT2D eigenvalue weighted by atomic mass is 10.1. The fourth-order valence-corrected chi connectivity index (χ4v) is 3.26. The van der Waals surface area contributed by atoms with Gasteiger partial charge in [-0.3, -0.25) is 9.59 Å². The monoisotopic (exact) mass is 386 g/mol. The molecule has 8 heteroatoms. The van der Waals surface area contributed by atoms with Crippen molar-refractivity contribution >= 4 is 23.3 Å². The predicted octanol–water partition coefficient (Wildman–Crippen LogP) is 3.02. The van der Waals surface area contributed by atoms with Crippen molar-refractivity contribution in [2.24, 2.45) is 5.92 Å². The van der Waals surface area contributed by atoms with E-state index in [4.69, 9.17) is 0 Å². The first-order chi connectivity index (χ1) is 13.4. The number of aromatic nitrogens is 1. The van der Waals surface area contributed by atoms with Gasteiger partial charge in [-0.1, -0.05) is 0 Å². The molecule has 2 aliphatic rings. The molecule has 1 aliphatic carbocycles. The second-order valence-electron chi connectivity index (χ2n) is 7.29. The Morgan fingerprint density at radius 3 is 2.68 bits per heavy atom. The van der Waals surface area contributed by atoms with Crippen molar-refractivity contribution in [3.63, 3.8) is 0 Å². The highest BCUT2D eigenvalue weighted by atomic mass is 19.1. The van der Waals surface area contributed by atoms with Crippen LogP contribution in [0.1, 0.15) is 41.7 Å². The van der Waals surface area contributed by atoms with E-state index in [1.54, 1.807) is 17.9 Å². The SMILES string of the molecule is CC(NC(=O)c1cnc2c(c1)N(CC1CC1)C(=O)CN2)c1cc(F)cc(F)c1. The van der Waals surface area contributed by atoms with Gasteiger partial charge in [0.2, 0.25) is 5.91 Å². The molecule has 2 N–H and O–H groups in total. The highest BCUT2D eigenvalue weighted by Crippen LogP contribution is 2.35. The molecule has 4 rings (SSSR count). The van der Waals surface area contributed by atoms with Crippen LogP contribution in [0.3, 0.4) is 0 Å². The number of carbonyl (C=O) groups excluding carboxylic acids is 2. The Morgan fingerprint density at radius 1 is 1.29 bits per heavy atom. The van der Waals surface area contributed by atoms with Crippen LogP contribution in [-0.2, 0) is 4.79 Å². The van der Waals surface area contributed by atoms with E-state index < -0.39 is 23.6 Å². The molecule has 0 bridgehead atoms. The number of amides is 2. The van der Waals surface area contributed by atoms with Crippen molar-refractivity contribution in [2.75, 3.05) is 23.3 Å². The summed E-state index contributed by atoms with van der Waals surface area (Å²) >= 11 is 0. The molecule has 2 aromatic rings. The third-order valence-electron chi connectivity index (χ3n) is 5.00. The summed E-state index contributed by atoms with van der Waals surface area (Å²) < 4.78 is 26.8. The summed E-state index contributed by atoms with van der Waals surface area (Å²) in [7, 11) is 0. The molecule has 1 atom stereocenters. The molecule has 146 valence electrons. The second-order valence-corrected chi connectivity index (χ2v) is 7.29. The van der Waals surface area contributed by atoms with Crippen molar-refractivity contribution in [1.82, 2.24) is 10.3 Å². The van der Waals surface area contributed by atoms with E-state index in [0.29, 0.717) is 29.5 Å². The van der Waals surface area contributed by atoms with Crippen molar-refractivity contribution in [1.29, 1.82) is 0 Å². The van der Waals surface area contributed by atoms with Crippen LogP contribution in [0, 0.1) is 17.6 Å². The van der Waals surface area contributed by atoms with Gasteiger partial charge in [0.15, 0.2) is 0 Å². The summed E-state index contributed by atoms with van der Waals surface area (Å²) in [5, 5.41) is 5.68. The van der Waals surface area contributed by atoms with Crippen LogP contribution in [0.5, 0.6) is 0 Å². The number of fused-ring (bicyclic) bond motifs is 1. The Balaban J connectivity index is 1.54. The molecule has 1 aromatic heterocycles. The number of anilines is 2. The maximum Gasteiger partial charge on any atom is 0.253 e. The van der Waals surface area contributed by atoms with Crippen LogP contribution in [0.4, 0.5) is 20.3 Å².